The van der Waals surface area contributed by atoms with E-state index in [2.05, 4.69) is 9.97 Å². The zero-order valence-electron chi connectivity index (χ0n) is 10.3. The molecular formula is C15H9ClN2O2. The predicted octanol–water partition coefficient (Wildman–Crippen LogP) is 4.37. The molecule has 0 fully saturated rings. The Labute approximate surface area is 119 Å². The van der Waals surface area contributed by atoms with Crippen LogP contribution >= 0.6 is 11.6 Å². The van der Waals surface area contributed by atoms with Gasteiger partial charge in [-0.25, -0.2) is 9.97 Å². The van der Waals surface area contributed by atoms with Crippen LogP contribution in [0.25, 0.3) is 33.5 Å². The summed E-state index contributed by atoms with van der Waals surface area (Å²) in [6.45, 7) is 0. The van der Waals surface area contributed by atoms with E-state index < -0.39 is 0 Å². The summed E-state index contributed by atoms with van der Waals surface area (Å²) in [7, 11) is 0. The van der Waals surface area contributed by atoms with Crippen LogP contribution in [0.4, 0.5) is 0 Å². The Morgan fingerprint density at radius 2 is 1.95 bits per heavy atom. The van der Waals surface area contributed by atoms with Crippen molar-refractivity contribution in [2.45, 2.75) is 5.88 Å². The molecule has 0 aliphatic heterocycles. The van der Waals surface area contributed by atoms with E-state index in [9.17, 15) is 0 Å². The van der Waals surface area contributed by atoms with E-state index in [1.54, 1.807) is 6.26 Å². The standard InChI is InChI=1S/C15H9ClN2O2/c16-8-12-17-13-9-4-1-2-5-10(9)20-15(13)14(18-12)11-6-3-7-19-11/h1-7H,8H2. The number of halogens is 1. The molecular weight excluding hydrogens is 276 g/mol. The van der Waals surface area contributed by atoms with Gasteiger partial charge in [0.2, 0.25) is 0 Å². The topological polar surface area (TPSA) is 52.1 Å². The Kier molecular flexibility index (Phi) is 2.50. The van der Waals surface area contributed by atoms with Crippen molar-refractivity contribution in [1.29, 1.82) is 0 Å². The third-order valence-corrected chi connectivity index (χ3v) is 3.38. The number of rotatable bonds is 2. The van der Waals surface area contributed by atoms with Crippen LogP contribution in [0.2, 0.25) is 0 Å². The molecule has 1 aromatic carbocycles. The summed E-state index contributed by atoms with van der Waals surface area (Å²) in [5, 5.41) is 0.948. The largest absolute Gasteiger partial charge is 0.463 e. The molecule has 0 spiro atoms. The van der Waals surface area contributed by atoms with Crippen molar-refractivity contribution < 1.29 is 8.83 Å². The van der Waals surface area contributed by atoms with Crippen LogP contribution in [0.5, 0.6) is 0 Å². The molecule has 20 heavy (non-hydrogen) atoms. The van der Waals surface area contributed by atoms with Crippen molar-refractivity contribution in [1.82, 2.24) is 9.97 Å². The van der Waals surface area contributed by atoms with Gasteiger partial charge in [-0.2, -0.15) is 0 Å². The van der Waals surface area contributed by atoms with Gasteiger partial charge in [0, 0.05) is 5.39 Å². The summed E-state index contributed by atoms with van der Waals surface area (Å²) in [5.41, 5.74) is 2.79. The van der Waals surface area contributed by atoms with Gasteiger partial charge in [-0.05, 0) is 24.3 Å². The summed E-state index contributed by atoms with van der Waals surface area (Å²) in [6, 6.07) is 11.4. The maximum Gasteiger partial charge on any atom is 0.183 e. The monoisotopic (exact) mass is 284 g/mol. The number of hydrogen-bond acceptors (Lipinski definition) is 4. The number of aromatic nitrogens is 2. The summed E-state index contributed by atoms with van der Waals surface area (Å²) < 4.78 is 11.3. The Morgan fingerprint density at radius 1 is 1.05 bits per heavy atom. The van der Waals surface area contributed by atoms with Crippen LogP contribution in [0.15, 0.2) is 51.5 Å². The first kappa shape index (κ1) is 11.5. The van der Waals surface area contributed by atoms with Crippen LogP contribution in [-0.4, -0.2) is 9.97 Å². The van der Waals surface area contributed by atoms with Crippen molar-refractivity contribution in [2.75, 3.05) is 0 Å². The smallest absolute Gasteiger partial charge is 0.183 e. The van der Waals surface area contributed by atoms with Crippen molar-refractivity contribution in [3.63, 3.8) is 0 Å². The average Bonchev–Trinajstić information content (AvgIpc) is 3.13. The minimum Gasteiger partial charge on any atom is -0.463 e. The molecule has 3 heterocycles. The average molecular weight is 285 g/mol. The van der Waals surface area contributed by atoms with E-state index in [0.717, 1.165) is 16.5 Å². The van der Waals surface area contributed by atoms with E-state index in [-0.39, 0.29) is 5.88 Å². The maximum absolute atomic E-state index is 5.89. The zero-order chi connectivity index (χ0) is 13.5. The first-order valence-electron chi connectivity index (χ1n) is 6.15. The molecule has 4 aromatic rings. The fourth-order valence-corrected chi connectivity index (χ4v) is 2.40. The molecule has 3 aromatic heterocycles. The minimum absolute atomic E-state index is 0.239. The number of alkyl halides is 1. The molecule has 0 aliphatic rings. The molecule has 0 amide bonds. The fourth-order valence-electron chi connectivity index (χ4n) is 2.28. The van der Waals surface area contributed by atoms with Gasteiger partial charge in [0.1, 0.15) is 16.9 Å². The highest BCUT2D eigenvalue weighted by molar-refractivity contribution is 6.17. The lowest BCUT2D eigenvalue weighted by Crippen LogP contribution is -1.94. The second-order valence-electron chi connectivity index (χ2n) is 4.38. The molecule has 0 bridgehead atoms. The lowest BCUT2D eigenvalue weighted by atomic mass is 10.2. The van der Waals surface area contributed by atoms with Gasteiger partial charge in [-0.1, -0.05) is 12.1 Å². The van der Waals surface area contributed by atoms with Crippen LogP contribution in [0.3, 0.4) is 0 Å². The summed E-state index contributed by atoms with van der Waals surface area (Å²) in [5.74, 6) is 1.43. The van der Waals surface area contributed by atoms with Crippen molar-refractivity contribution in [3.8, 4) is 11.5 Å². The predicted molar refractivity (Wildman–Crippen MR) is 76.6 cm³/mol. The number of hydrogen-bond donors (Lipinski definition) is 0. The van der Waals surface area contributed by atoms with Gasteiger partial charge >= 0.3 is 0 Å². The summed E-state index contributed by atoms with van der Waals surface area (Å²) >= 11 is 5.89. The normalized spacial score (nSPS) is 11.4. The summed E-state index contributed by atoms with van der Waals surface area (Å²) in [6.07, 6.45) is 1.60. The van der Waals surface area contributed by atoms with E-state index >= 15 is 0 Å². The van der Waals surface area contributed by atoms with Gasteiger partial charge in [0.25, 0.3) is 0 Å². The molecule has 0 N–H and O–H groups in total. The van der Waals surface area contributed by atoms with Gasteiger partial charge in [0.05, 0.1) is 12.1 Å². The lowest BCUT2D eigenvalue weighted by molar-refractivity contribution is 0.577. The minimum atomic E-state index is 0.239. The molecule has 4 rings (SSSR count). The molecule has 0 radical (unpaired) electrons. The molecule has 0 atom stereocenters. The maximum atomic E-state index is 5.89. The van der Waals surface area contributed by atoms with Crippen LogP contribution in [0, 0.1) is 0 Å². The molecule has 0 aliphatic carbocycles. The van der Waals surface area contributed by atoms with E-state index in [4.69, 9.17) is 20.4 Å². The summed E-state index contributed by atoms with van der Waals surface area (Å²) in [4.78, 5) is 8.90. The first-order valence-corrected chi connectivity index (χ1v) is 6.68. The van der Waals surface area contributed by atoms with Crippen molar-refractivity contribution in [2.24, 2.45) is 0 Å². The van der Waals surface area contributed by atoms with E-state index in [1.165, 1.54) is 0 Å². The number of furan rings is 2. The zero-order valence-corrected chi connectivity index (χ0v) is 11.1. The molecule has 0 saturated carbocycles. The lowest BCUT2D eigenvalue weighted by Gasteiger charge is -2.00. The Morgan fingerprint density at radius 3 is 2.75 bits per heavy atom. The highest BCUT2D eigenvalue weighted by Crippen LogP contribution is 2.33. The molecule has 0 unspecified atom stereocenters. The number of fused-ring (bicyclic) bond motifs is 3. The third-order valence-electron chi connectivity index (χ3n) is 3.14. The van der Waals surface area contributed by atoms with Crippen molar-refractivity contribution >= 4 is 33.7 Å². The van der Waals surface area contributed by atoms with Gasteiger partial charge in [-0.3, -0.25) is 0 Å². The second kappa shape index (κ2) is 4.35. The quantitative estimate of drug-likeness (QED) is 0.513. The Bertz CT molecular complexity index is 897. The van der Waals surface area contributed by atoms with Crippen molar-refractivity contribution in [3.05, 3.63) is 48.5 Å². The highest BCUT2D eigenvalue weighted by atomic mass is 35.5. The van der Waals surface area contributed by atoms with Crippen LogP contribution in [0.1, 0.15) is 5.82 Å². The van der Waals surface area contributed by atoms with E-state index in [1.807, 2.05) is 36.4 Å². The van der Waals surface area contributed by atoms with E-state index in [0.29, 0.717) is 22.9 Å². The fraction of sp³-hybridized carbons (Fsp3) is 0.0667. The van der Waals surface area contributed by atoms with Gasteiger partial charge in [-0.15, -0.1) is 11.6 Å². The molecule has 0 saturated heterocycles. The van der Waals surface area contributed by atoms with Crippen LogP contribution < -0.4 is 0 Å². The van der Waals surface area contributed by atoms with Gasteiger partial charge < -0.3 is 8.83 Å². The van der Waals surface area contributed by atoms with Crippen LogP contribution in [-0.2, 0) is 5.88 Å². The molecule has 5 heteroatoms. The third kappa shape index (κ3) is 1.62. The number of para-hydroxylation sites is 1. The van der Waals surface area contributed by atoms with Gasteiger partial charge in [0.15, 0.2) is 17.0 Å². The SMILES string of the molecule is ClCc1nc(-c2ccco2)c2oc3ccccc3c2n1. The first-order chi connectivity index (χ1) is 9.86. The second-order valence-corrected chi connectivity index (χ2v) is 4.64. The Balaban J connectivity index is 2.16. The number of benzene rings is 1. The Hall–Kier alpha value is -2.33. The highest BCUT2D eigenvalue weighted by Gasteiger charge is 2.17. The molecule has 4 nitrogen and oxygen atoms in total. The molecule has 98 valence electrons. The number of nitrogens with zero attached hydrogens (tertiary/aromatic N) is 2.